The lowest BCUT2D eigenvalue weighted by Crippen LogP contribution is -2.56. The first-order valence-electron chi connectivity index (χ1n) is 8.05. The van der Waals surface area contributed by atoms with Crippen molar-refractivity contribution in [1.82, 2.24) is 9.88 Å². The fraction of sp³-hybridized carbons (Fsp3) is 0.688. The molecule has 0 saturated carbocycles. The quantitative estimate of drug-likeness (QED) is 0.816. The first-order chi connectivity index (χ1) is 10.9. The molecule has 0 radical (unpaired) electrons. The lowest BCUT2D eigenvalue weighted by molar-refractivity contribution is -0.115. The molecule has 128 valence electrons. The summed E-state index contributed by atoms with van der Waals surface area (Å²) in [6.45, 7) is 4.67. The van der Waals surface area contributed by atoms with Crippen LogP contribution >= 0.6 is 0 Å². The molecule has 0 atom stereocenters. The van der Waals surface area contributed by atoms with E-state index in [0.717, 1.165) is 57.0 Å². The molecule has 0 amide bonds. The van der Waals surface area contributed by atoms with E-state index in [4.69, 9.17) is 4.74 Å². The number of anilines is 1. The highest BCUT2D eigenvalue weighted by molar-refractivity contribution is 7.89. The van der Waals surface area contributed by atoms with E-state index >= 15 is 0 Å². The number of nitrogens with zero attached hydrogens (tertiary/aromatic N) is 3. The zero-order valence-electron chi connectivity index (χ0n) is 13.9. The summed E-state index contributed by atoms with van der Waals surface area (Å²) in [6.07, 6.45) is 4.92. The summed E-state index contributed by atoms with van der Waals surface area (Å²) < 4.78 is 28.7. The largest absolute Gasteiger partial charge is 0.372 e. The molecule has 1 spiro atoms. The Morgan fingerprint density at radius 1 is 1.26 bits per heavy atom. The van der Waals surface area contributed by atoms with Crippen LogP contribution < -0.4 is 4.90 Å². The number of morpholine rings is 1. The van der Waals surface area contributed by atoms with Crippen LogP contribution in [0.1, 0.15) is 18.4 Å². The molecular formula is C16H25N3O3S. The minimum Gasteiger partial charge on any atom is -0.372 e. The van der Waals surface area contributed by atoms with Crippen LogP contribution in [-0.4, -0.2) is 70.0 Å². The maximum atomic E-state index is 11.3. The van der Waals surface area contributed by atoms with E-state index in [2.05, 4.69) is 21.8 Å². The van der Waals surface area contributed by atoms with Crippen molar-refractivity contribution in [3.63, 3.8) is 0 Å². The zero-order valence-corrected chi connectivity index (χ0v) is 14.7. The Balaban J connectivity index is 1.61. The molecular weight excluding hydrogens is 314 g/mol. The molecule has 1 aromatic heterocycles. The van der Waals surface area contributed by atoms with Crippen LogP contribution in [-0.2, 0) is 20.3 Å². The Morgan fingerprint density at radius 3 is 2.57 bits per heavy atom. The molecule has 0 bridgehead atoms. The maximum Gasteiger partial charge on any atom is 0.151 e. The number of likely N-dealkylation sites (N-methyl/N-ethyl adjacent to an activating group) is 1. The normalized spacial score (nSPS) is 22.4. The summed E-state index contributed by atoms with van der Waals surface area (Å²) in [5.74, 6) is 0.963. The van der Waals surface area contributed by atoms with Crippen LogP contribution in [0.5, 0.6) is 0 Å². The average Bonchev–Trinajstić information content (AvgIpc) is 2.47. The second kappa shape index (κ2) is 6.37. The van der Waals surface area contributed by atoms with Gasteiger partial charge in [-0.1, -0.05) is 6.07 Å². The monoisotopic (exact) mass is 339 g/mol. The molecule has 6 nitrogen and oxygen atoms in total. The molecule has 0 aliphatic carbocycles. The molecule has 3 rings (SSSR count). The second-order valence-electron chi connectivity index (χ2n) is 6.85. The summed E-state index contributed by atoms with van der Waals surface area (Å²) in [7, 11) is -0.862. The zero-order chi connectivity index (χ0) is 16.5. The lowest BCUT2D eigenvalue weighted by atomic mass is 9.89. The van der Waals surface area contributed by atoms with Crippen molar-refractivity contribution < 1.29 is 13.2 Å². The van der Waals surface area contributed by atoms with E-state index in [9.17, 15) is 8.42 Å². The first-order valence-corrected chi connectivity index (χ1v) is 10.1. The molecule has 0 unspecified atom stereocenters. The van der Waals surface area contributed by atoms with Gasteiger partial charge in [-0.3, -0.25) is 0 Å². The summed E-state index contributed by atoms with van der Waals surface area (Å²) >= 11 is 0. The second-order valence-corrected chi connectivity index (χ2v) is 8.99. The summed E-state index contributed by atoms with van der Waals surface area (Å²) in [4.78, 5) is 9.05. The van der Waals surface area contributed by atoms with Gasteiger partial charge in [0.05, 0.1) is 18.0 Å². The molecule has 7 heteroatoms. The molecule has 0 aromatic carbocycles. The summed E-state index contributed by atoms with van der Waals surface area (Å²) in [5, 5.41) is 0. The van der Waals surface area contributed by atoms with Gasteiger partial charge in [-0.2, -0.15) is 0 Å². The molecule has 2 aliphatic heterocycles. The van der Waals surface area contributed by atoms with Crippen LogP contribution in [0.2, 0.25) is 0 Å². The SMILES string of the molecule is CN1CCOC2(CCN(c3ccc(CS(C)(=O)=O)cn3)CC2)C1. The Hall–Kier alpha value is -1.18. The Kier molecular flexibility index (Phi) is 4.62. The van der Waals surface area contributed by atoms with Gasteiger partial charge in [0.15, 0.2) is 9.84 Å². The topological polar surface area (TPSA) is 62.7 Å². The van der Waals surface area contributed by atoms with Crippen LogP contribution in [0, 0.1) is 0 Å². The smallest absolute Gasteiger partial charge is 0.151 e. The van der Waals surface area contributed by atoms with Crippen molar-refractivity contribution >= 4 is 15.7 Å². The standard InChI is InChI=1S/C16H25N3O3S/c1-18-9-10-22-16(13-18)5-7-19(8-6-16)15-4-3-14(11-17-15)12-23(2,20)21/h3-4,11H,5-10,12-13H2,1-2H3. The van der Waals surface area contributed by atoms with Crippen molar-refractivity contribution in [2.75, 3.05) is 51.0 Å². The highest BCUT2D eigenvalue weighted by atomic mass is 32.2. The molecule has 23 heavy (non-hydrogen) atoms. The highest BCUT2D eigenvalue weighted by Crippen LogP contribution is 2.31. The third kappa shape index (κ3) is 4.22. The number of aromatic nitrogens is 1. The Bertz CT molecular complexity index is 637. The van der Waals surface area contributed by atoms with Crippen molar-refractivity contribution in [3.8, 4) is 0 Å². The van der Waals surface area contributed by atoms with Crippen LogP contribution in [0.3, 0.4) is 0 Å². The number of piperidine rings is 1. The average molecular weight is 339 g/mol. The Morgan fingerprint density at radius 2 is 2.00 bits per heavy atom. The molecule has 2 saturated heterocycles. The van der Waals surface area contributed by atoms with E-state index in [-0.39, 0.29) is 11.4 Å². The maximum absolute atomic E-state index is 11.3. The third-order valence-electron chi connectivity index (χ3n) is 4.68. The minimum atomic E-state index is -3.01. The number of ether oxygens (including phenoxy) is 1. The Labute approximate surface area is 138 Å². The van der Waals surface area contributed by atoms with Gasteiger partial charge in [0, 0.05) is 38.6 Å². The van der Waals surface area contributed by atoms with E-state index in [1.54, 1.807) is 6.20 Å². The van der Waals surface area contributed by atoms with Crippen molar-refractivity contribution in [1.29, 1.82) is 0 Å². The van der Waals surface area contributed by atoms with Gasteiger partial charge in [-0.25, -0.2) is 13.4 Å². The third-order valence-corrected chi connectivity index (χ3v) is 5.53. The van der Waals surface area contributed by atoms with E-state index in [1.165, 1.54) is 6.26 Å². The first kappa shape index (κ1) is 16.7. The van der Waals surface area contributed by atoms with Gasteiger partial charge in [-0.15, -0.1) is 0 Å². The summed E-state index contributed by atoms with van der Waals surface area (Å²) in [5.41, 5.74) is 0.738. The van der Waals surface area contributed by atoms with Crippen LogP contribution in [0.15, 0.2) is 18.3 Å². The molecule has 3 heterocycles. The van der Waals surface area contributed by atoms with Gasteiger partial charge in [0.25, 0.3) is 0 Å². The molecule has 0 N–H and O–H groups in total. The number of pyridine rings is 1. The van der Waals surface area contributed by atoms with Crippen LogP contribution in [0.25, 0.3) is 0 Å². The minimum absolute atomic E-state index is 0.000268. The lowest BCUT2D eigenvalue weighted by Gasteiger charge is -2.46. The predicted octanol–water partition coefficient (Wildman–Crippen LogP) is 0.927. The van der Waals surface area contributed by atoms with Crippen molar-refractivity contribution in [2.24, 2.45) is 0 Å². The molecule has 1 aromatic rings. The van der Waals surface area contributed by atoms with Gasteiger partial charge in [0.2, 0.25) is 0 Å². The van der Waals surface area contributed by atoms with E-state index < -0.39 is 9.84 Å². The van der Waals surface area contributed by atoms with E-state index in [0.29, 0.717) is 0 Å². The summed E-state index contributed by atoms with van der Waals surface area (Å²) in [6, 6.07) is 3.78. The predicted molar refractivity (Wildman–Crippen MR) is 90.4 cm³/mol. The fourth-order valence-electron chi connectivity index (χ4n) is 3.47. The number of sulfone groups is 1. The van der Waals surface area contributed by atoms with Gasteiger partial charge in [0.1, 0.15) is 5.82 Å². The van der Waals surface area contributed by atoms with Gasteiger partial charge >= 0.3 is 0 Å². The highest BCUT2D eigenvalue weighted by Gasteiger charge is 2.38. The van der Waals surface area contributed by atoms with Gasteiger partial charge in [-0.05, 0) is 31.5 Å². The molecule has 2 fully saturated rings. The number of rotatable bonds is 3. The van der Waals surface area contributed by atoms with Gasteiger partial charge < -0.3 is 14.5 Å². The van der Waals surface area contributed by atoms with E-state index in [1.807, 2.05) is 12.1 Å². The number of hydrogen-bond donors (Lipinski definition) is 0. The fourth-order valence-corrected chi connectivity index (χ4v) is 4.25. The molecule has 2 aliphatic rings. The van der Waals surface area contributed by atoms with Crippen molar-refractivity contribution in [2.45, 2.75) is 24.2 Å². The van der Waals surface area contributed by atoms with Crippen LogP contribution in [0.4, 0.5) is 5.82 Å². The number of hydrogen-bond acceptors (Lipinski definition) is 6. The van der Waals surface area contributed by atoms with Crippen molar-refractivity contribution in [3.05, 3.63) is 23.9 Å².